The average Bonchev–Trinajstić information content (AvgIpc) is 2.48. The normalized spacial score (nSPS) is 9.65. The summed E-state index contributed by atoms with van der Waals surface area (Å²) in [4.78, 5) is 11.8. The van der Waals surface area contributed by atoms with E-state index in [1.54, 1.807) is 24.3 Å². The van der Waals surface area contributed by atoms with Crippen LogP contribution >= 0.6 is 12.2 Å². The van der Waals surface area contributed by atoms with E-state index in [-0.39, 0.29) is 5.91 Å². The molecule has 0 fully saturated rings. The molecule has 0 bridgehead atoms. The lowest BCUT2D eigenvalue weighted by atomic mass is 10.2. The highest BCUT2D eigenvalue weighted by Crippen LogP contribution is 2.12. The second-order valence-electron chi connectivity index (χ2n) is 4.21. The number of hydrogen-bond acceptors (Lipinski definition) is 2. The van der Waals surface area contributed by atoms with Crippen molar-refractivity contribution in [3.8, 4) is 0 Å². The quantitative estimate of drug-likeness (QED) is 0.586. The topological polar surface area (TPSA) is 53.2 Å². The van der Waals surface area contributed by atoms with Crippen molar-refractivity contribution in [3.63, 3.8) is 0 Å². The average molecular weight is 285 g/mol. The lowest BCUT2D eigenvalue weighted by Crippen LogP contribution is -2.43. The number of carbonyl (C=O) groups excluding carboxylic acids is 1. The Kier molecular flexibility index (Phi) is 4.68. The molecule has 2 rings (SSSR count). The first-order valence-corrected chi connectivity index (χ1v) is 6.55. The van der Waals surface area contributed by atoms with Crippen LogP contribution in [0.5, 0.6) is 0 Å². The van der Waals surface area contributed by atoms with Gasteiger partial charge in [-0.2, -0.15) is 0 Å². The molecule has 0 aliphatic carbocycles. The van der Waals surface area contributed by atoms with Gasteiger partial charge in [0.1, 0.15) is 0 Å². The van der Waals surface area contributed by atoms with Gasteiger partial charge in [0.15, 0.2) is 5.11 Å². The Morgan fingerprint density at radius 2 is 1.60 bits per heavy atom. The number of para-hydroxylation sites is 1. The number of nitrogens with one attached hydrogen (secondary N) is 3. The molecule has 1 amide bonds. The Morgan fingerprint density at radius 1 is 0.950 bits per heavy atom. The van der Waals surface area contributed by atoms with Gasteiger partial charge >= 0.3 is 0 Å². The van der Waals surface area contributed by atoms with Crippen molar-refractivity contribution in [1.29, 1.82) is 0 Å². The number of carbonyl (C=O) groups is 1. The summed E-state index contributed by atoms with van der Waals surface area (Å²) in [7, 11) is 0. The van der Waals surface area contributed by atoms with Gasteiger partial charge < -0.3 is 5.32 Å². The molecule has 0 unspecified atom stereocenters. The van der Waals surface area contributed by atoms with Crippen LogP contribution in [0, 0.1) is 6.92 Å². The number of benzene rings is 2. The summed E-state index contributed by atoms with van der Waals surface area (Å²) in [6.45, 7) is 1.98. The third kappa shape index (κ3) is 3.80. The predicted octanol–water partition coefficient (Wildman–Crippen LogP) is 2.63. The highest BCUT2D eigenvalue weighted by molar-refractivity contribution is 7.80. The minimum absolute atomic E-state index is 0.237. The summed E-state index contributed by atoms with van der Waals surface area (Å²) in [6, 6.07) is 16.7. The third-order valence-electron chi connectivity index (χ3n) is 2.72. The maximum Gasteiger partial charge on any atom is 0.269 e. The molecule has 0 aromatic heterocycles. The minimum Gasteiger partial charge on any atom is -0.331 e. The van der Waals surface area contributed by atoms with Crippen LogP contribution in [0.1, 0.15) is 15.9 Å². The standard InChI is InChI=1S/C15H15N3OS/c1-11-7-5-6-10-13(11)16-15(20)18-17-14(19)12-8-3-2-4-9-12/h2-10H,1H3,(H,17,19)(H2,16,18,20). The second-order valence-corrected chi connectivity index (χ2v) is 4.62. The molecule has 0 atom stereocenters. The zero-order valence-electron chi connectivity index (χ0n) is 11.0. The Labute approximate surface area is 123 Å². The molecule has 0 aliphatic rings. The molecule has 0 aliphatic heterocycles. The summed E-state index contributed by atoms with van der Waals surface area (Å²) in [5.74, 6) is -0.237. The van der Waals surface area contributed by atoms with Crippen LogP contribution in [0.15, 0.2) is 54.6 Å². The Hall–Kier alpha value is -2.40. The molecule has 5 heteroatoms. The molecule has 2 aromatic carbocycles. The number of hydrogen-bond donors (Lipinski definition) is 3. The lowest BCUT2D eigenvalue weighted by molar-refractivity contribution is 0.0944. The number of rotatable bonds is 2. The first-order chi connectivity index (χ1) is 9.66. The molecule has 0 radical (unpaired) electrons. The van der Waals surface area contributed by atoms with Gasteiger partial charge in [0.2, 0.25) is 0 Å². The summed E-state index contributed by atoms with van der Waals surface area (Å²) < 4.78 is 0. The molecule has 0 saturated heterocycles. The Bertz CT molecular complexity index is 614. The predicted molar refractivity (Wildman–Crippen MR) is 84.4 cm³/mol. The summed E-state index contributed by atoms with van der Waals surface area (Å²) in [5.41, 5.74) is 7.77. The molecule has 102 valence electrons. The molecular weight excluding hydrogens is 270 g/mol. The first kappa shape index (κ1) is 14.0. The van der Waals surface area contributed by atoms with Crippen LogP contribution in [0.4, 0.5) is 5.69 Å². The van der Waals surface area contributed by atoms with E-state index in [0.717, 1.165) is 11.3 Å². The van der Waals surface area contributed by atoms with E-state index in [0.29, 0.717) is 10.7 Å². The van der Waals surface area contributed by atoms with E-state index >= 15 is 0 Å². The van der Waals surface area contributed by atoms with Crippen LogP contribution in [-0.4, -0.2) is 11.0 Å². The SMILES string of the molecule is Cc1ccccc1NC(=S)NNC(=O)c1ccccc1. The Balaban J connectivity index is 1.87. The van der Waals surface area contributed by atoms with Crippen molar-refractivity contribution >= 4 is 28.9 Å². The molecule has 4 nitrogen and oxygen atoms in total. The van der Waals surface area contributed by atoms with E-state index in [1.165, 1.54) is 0 Å². The minimum atomic E-state index is -0.237. The van der Waals surface area contributed by atoms with Crippen molar-refractivity contribution in [2.45, 2.75) is 6.92 Å². The van der Waals surface area contributed by atoms with Crippen LogP contribution in [0.25, 0.3) is 0 Å². The van der Waals surface area contributed by atoms with Crippen LogP contribution < -0.4 is 16.2 Å². The molecule has 0 spiro atoms. The van der Waals surface area contributed by atoms with Crippen LogP contribution in [-0.2, 0) is 0 Å². The van der Waals surface area contributed by atoms with Gasteiger partial charge in [-0.3, -0.25) is 15.6 Å². The summed E-state index contributed by atoms with van der Waals surface area (Å²) >= 11 is 5.13. The molecule has 0 saturated carbocycles. The Morgan fingerprint density at radius 3 is 2.30 bits per heavy atom. The van der Waals surface area contributed by atoms with Crippen LogP contribution in [0.3, 0.4) is 0 Å². The second kappa shape index (κ2) is 6.68. The van der Waals surface area contributed by atoms with Crippen molar-refractivity contribution in [2.75, 3.05) is 5.32 Å². The number of anilines is 1. The van der Waals surface area contributed by atoms with E-state index in [4.69, 9.17) is 12.2 Å². The lowest BCUT2D eigenvalue weighted by Gasteiger charge is -2.13. The van der Waals surface area contributed by atoms with Crippen LogP contribution in [0.2, 0.25) is 0 Å². The number of thiocarbonyl (C=S) groups is 1. The van der Waals surface area contributed by atoms with Gasteiger partial charge in [0.25, 0.3) is 5.91 Å². The van der Waals surface area contributed by atoms with Gasteiger partial charge in [0, 0.05) is 11.3 Å². The molecule has 2 aromatic rings. The third-order valence-corrected chi connectivity index (χ3v) is 2.92. The van der Waals surface area contributed by atoms with Gasteiger partial charge in [-0.15, -0.1) is 0 Å². The van der Waals surface area contributed by atoms with E-state index in [9.17, 15) is 4.79 Å². The first-order valence-electron chi connectivity index (χ1n) is 6.15. The number of aryl methyl sites for hydroxylation is 1. The smallest absolute Gasteiger partial charge is 0.269 e. The highest BCUT2D eigenvalue weighted by Gasteiger charge is 2.05. The fraction of sp³-hybridized carbons (Fsp3) is 0.0667. The van der Waals surface area contributed by atoms with Gasteiger partial charge in [-0.05, 0) is 42.9 Å². The monoisotopic (exact) mass is 285 g/mol. The van der Waals surface area contributed by atoms with E-state index in [2.05, 4.69) is 16.2 Å². The maximum atomic E-state index is 11.8. The molecule has 3 N–H and O–H groups in total. The fourth-order valence-electron chi connectivity index (χ4n) is 1.64. The molecule has 0 heterocycles. The van der Waals surface area contributed by atoms with Crippen molar-refractivity contribution < 1.29 is 4.79 Å². The largest absolute Gasteiger partial charge is 0.331 e. The maximum absolute atomic E-state index is 11.8. The van der Waals surface area contributed by atoms with Crippen molar-refractivity contribution in [3.05, 3.63) is 65.7 Å². The summed E-state index contributed by atoms with van der Waals surface area (Å²) in [6.07, 6.45) is 0. The highest BCUT2D eigenvalue weighted by atomic mass is 32.1. The zero-order valence-corrected chi connectivity index (χ0v) is 11.8. The summed E-state index contributed by atoms with van der Waals surface area (Å²) in [5, 5.41) is 3.36. The number of amides is 1. The zero-order chi connectivity index (χ0) is 14.4. The number of hydrazine groups is 1. The van der Waals surface area contributed by atoms with Gasteiger partial charge in [-0.1, -0.05) is 36.4 Å². The van der Waals surface area contributed by atoms with Gasteiger partial charge in [-0.25, -0.2) is 0 Å². The molecule has 20 heavy (non-hydrogen) atoms. The van der Waals surface area contributed by atoms with E-state index < -0.39 is 0 Å². The fourth-order valence-corrected chi connectivity index (χ4v) is 1.80. The van der Waals surface area contributed by atoms with Crippen molar-refractivity contribution in [1.82, 2.24) is 10.9 Å². The van der Waals surface area contributed by atoms with E-state index in [1.807, 2.05) is 37.3 Å². The molecular formula is C15H15N3OS. The van der Waals surface area contributed by atoms with Crippen molar-refractivity contribution in [2.24, 2.45) is 0 Å². The van der Waals surface area contributed by atoms with Gasteiger partial charge in [0.05, 0.1) is 0 Å².